The Morgan fingerprint density at radius 1 is 1.30 bits per heavy atom. The lowest BCUT2D eigenvalue weighted by Crippen LogP contribution is -3.19. The highest BCUT2D eigenvalue weighted by Crippen LogP contribution is 2.18. The molecule has 0 radical (unpaired) electrons. The second-order valence-electron chi connectivity index (χ2n) is 7.52. The average molecular weight is 399 g/mol. The maximum atomic E-state index is 13.1. The van der Waals surface area contributed by atoms with Gasteiger partial charge in [-0.15, -0.1) is 0 Å². The number of benzene rings is 1. The number of carbonyl (C=O) groups is 1. The van der Waals surface area contributed by atoms with Crippen molar-refractivity contribution in [3.05, 3.63) is 30.1 Å². The summed E-state index contributed by atoms with van der Waals surface area (Å²) in [5.74, 6) is 0.0760. The molecule has 1 aromatic rings. The lowest BCUT2D eigenvalue weighted by atomic mass is 10.1. The predicted octanol–water partition coefficient (Wildman–Crippen LogP) is -0.0453. The third-order valence-electron chi connectivity index (χ3n) is 5.85. The van der Waals surface area contributed by atoms with E-state index in [1.54, 1.807) is 17.0 Å². The summed E-state index contributed by atoms with van der Waals surface area (Å²) in [6, 6.07) is 6.13. The third kappa shape index (κ3) is 4.60. The van der Waals surface area contributed by atoms with Crippen LogP contribution in [0.2, 0.25) is 0 Å². The monoisotopic (exact) mass is 398 g/mol. The number of hydrogen-bond donors (Lipinski definition) is 1. The highest BCUT2D eigenvalue weighted by atomic mass is 32.2. The first kappa shape index (κ1) is 20.1. The number of carbonyl (C=O) groups excluding carboxylic acids is 1. The molecule has 1 amide bonds. The number of sulfone groups is 1. The van der Waals surface area contributed by atoms with Crippen LogP contribution in [0.15, 0.2) is 24.3 Å². The van der Waals surface area contributed by atoms with Gasteiger partial charge in [0.15, 0.2) is 15.9 Å². The molecule has 0 saturated carbocycles. The molecule has 2 aliphatic rings. The molecular weight excluding hydrogens is 369 g/mol. The molecule has 150 valence electrons. The number of nitrogens with one attached hydrogen (secondary N) is 1. The largest absolute Gasteiger partial charge is 0.360 e. The van der Waals surface area contributed by atoms with E-state index in [0.29, 0.717) is 13.0 Å². The third-order valence-corrected chi connectivity index (χ3v) is 7.60. The van der Waals surface area contributed by atoms with E-state index in [2.05, 4.69) is 4.90 Å². The molecule has 0 unspecified atom stereocenters. The number of rotatable bonds is 5. The number of halogens is 1. The van der Waals surface area contributed by atoms with E-state index in [1.807, 2.05) is 13.8 Å². The van der Waals surface area contributed by atoms with Crippen molar-refractivity contribution in [2.45, 2.75) is 32.4 Å². The second kappa shape index (κ2) is 8.14. The van der Waals surface area contributed by atoms with Gasteiger partial charge in [-0.25, -0.2) is 12.8 Å². The van der Waals surface area contributed by atoms with E-state index in [1.165, 1.54) is 17.0 Å². The van der Waals surface area contributed by atoms with E-state index in [0.717, 1.165) is 31.9 Å². The first-order valence-corrected chi connectivity index (χ1v) is 11.5. The smallest absolute Gasteiger partial charge is 0.280 e. The quantitative estimate of drug-likeness (QED) is 0.756. The van der Waals surface area contributed by atoms with Gasteiger partial charge in [0.1, 0.15) is 5.82 Å². The highest BCUT2D eigenvalue weighted by molar-refractivity contribution is 7.91. The molecule has 2 atom stereocenters. The summed E-state index contributed by atoms with van der Waals surface area (Å²) in [6.07, 6.45) is 0.544. The van der Waals surface area contributed by atoms with Gasteiger partial charge in [-0.05, 0) is 44.5 Å². The van der Waals surface area contributed by atoms with Gasteiger partial charge < -0.3 is 14.7 Å². The summed E-state index contributed by atoms with van der Waals surface area (Å²) < 4.78 is 36.6. The molecule has 1 N–H and O–H groups in total. The van der Waals surface area contributed by atoms with Gasteiger partial charge in [0.05, 0.1) is 37.7 Å². The van der Waals surface area contributed by atoms with Crippen LogP contribution < -0.4 is 9.80 Å². The number of quaternary nitrogens is 1. The molecule has 3 rings (SSSR count). The molecule has 0 spiro atoms. The summed E-state index contributed by atoms with van der Waals surface area (Å²) in [5, 5.41) is 0. The standard InChI is InChI=1S/C19H28FN3O3S/c1-3-23(18-8-13-27(25,26)14-18)19(24)15(2)21-9-11-22(12-10-21)17-6-4-16(20)5-7-17/h4-7,15,18H,3,8-14H2,1-2H3/p+1/t15-,18+/m1/s1. The van der Waals surface area contributed by atoms with E-state index in [9.17, 15) is 17.6 Å². The van der Waals surface area contributed by atoms with Crippen LogP contribution in [0, 0.1) is 5.82 Å². The molecule has 1 aromatic carbocycles. The fourth-order valence-corrected chi connectivity index (χ4v) is 5.91. The molecule has 2 fully saturated rings. The summed E-state index contributed by atoms with van der Waals surface area (Å²) in [6.45, 7) is 7.66. The zero-order valence-corrected chi connectivity index (χ0v) is 16.8. The van der Waals surface area contributed by atoms with Gasteiger partial charge in [0.2, 0.25) is 0 Å². The zero-order valence-electron chi connectivity index (χ0n) is 16.0. The van der Waals surface area contributed by atoms with Gasteiger partial charge in [-0.1, -0.05) is 0 Å². The predicted molar refractivity (Wildman–Crippen MR) is 103 cm³/mol. The summed E-state index contributed by atoms with van der Waals surface area (Å²) in [4.78, 5) is 18.2. The van der Waals surface area contributed by atoms with Crippen LogP contribution in [0.25, 0.3) is 0 Å². The SMILES string of the molecule is CCN(C(=O)[C@@H](C)[NH+]1CCN(c2ccc(F)cc2)CC1)[C@H]1CCS(=O)(=O)C1. The van der Waals surface area contributed by atoms with Gasteiger partial charge in [0, 0.05) is 18.3 Å². The zero-order chi connectivity index (χ0) is 19.6. The molecule has 2 aliphatic heterocycles. The lowest BCUT2D eigenvalue weighted by molar-refractivity contribution is -0.915. The van der Waals surface area contributed by atoms with Crippen LogP contribution in [0.1, 0.15) is 20.3 Å². The van der Waals surface area contributed by atoms with Crippen molar-refractivity contribution in [2.24, 2.45) is 0 Å². The Bertz CT molecular complexity index is 761. The van der Waals surface area contributed by atoms with Gasteiger partial charge >= 0.3 is 0 Å². The maximum absolute atomic E-state index is 13.1. The Balaban J connectivity index is 1.58. The van der Waals surface area contributed by atoms with Crippen LogP contribution in [0.3, 0.4) is 0 Å². The Morgan fingerprint density at radius 3 is 2.44 bits per heavy atom. The van der Waals surface area contributed by atoms with Crippen LogP contribution >= 0.6 is 0 Å². The summed E-state index contributed by atoms with van der Waals surface area (Å²) >= 11 is 0. The number of piperazine rings is 1. The first-order valence-electron chi connectivity index (χ1n) is 9.66. The molecule has 2 saturated heterocycles. The van der Waals surface area contributed by atoms with Crippen LogP contribution in [0.5, 0.6) is 0 Å². The van der Waals surface area contributed by atoms with Crippen LogP contribution in [-0.2, 0) is 14.6 Å². The molecule has 0 bridgehead atoms. The fourth-order valence-electron chi connectivity index (χ4n) is 4.18. The lowest BCUT2D eigenvalue weighted by Gasteiger charge is -2.38. The van der Waals surface area contributed by atoms with E-state index >= 15 is 0 Å². The van der Waals surface area contributed by atoms with Gasteiger partial charge in [0.25, 0.3) is 5.91 Å². The molecule has 6 nitrogen and oxygen atoms in total. The maximum Gasteiger partial charge on any atom is 0.280 e. The minimum Gasteiger partial charge on any atom is -0.360 e. The van der Waals surface area contributed by atoms with E-state index in [-0.39, 0.29) is 35.3 Å². The van der Waals surface area contributed by atoms with E-state index < -0.39 is 9.84 Å². The van der Waals surface area contributed by atoms with Crippen molar-refractivity contribution in [3.63, 3.8) is 0 Å². The van der Waals surface area contributed by atoms with Crippen LogP contribution in [-0.4, -0.2) is 75.5 Å². The fraction of sp³-hybridized carbons (Fsp3) is 0.632. The van der Waals surface area contributed by atoms with Crippen molar-refractivity contribution in [2.75, 3.05) is 49.1 Å². The Hall–Kier alpha value is -1.67. The Kier molecular flexibility index (Phi) is 6.05. The van der Waals surface area contributed by atoms with Crippen molar-refractivity contribution in [3.8, 4) is 0 Å². The molecule has 27 heavy (non-hydrogen) atoms. The van der Waals surface area contributed by atoms with Gasteiger partial charge in [-0.3, -0.25) is 4.79 Å². The molecule has 0 aliphatic carbocycles. The number of nitrogens with zero attached hydrogens (tertiary/aromatic N) is 2. The second-order valence-corrected chi connectivity index (χ2v) is 9.75. The average Bonchev–Trinajstić information content (AvgIpc) is 3.02. The minimum atomic E-state index is -3.01. The summed E-state index contributed by atoms with van der Waals surface area (Å²) in [5.41, 5.74) is 1.00. The Morgan fingerprint density at radius 2 is 1.93 bits per heavy atom. The van der Waals surface area contributed by atoms with Crippen molar-refractivity contribution in [1.29, 1.82) is 0 Å². The van der Waals surface area contributed by atoms with Crippen molar-refractivity contribution in [1.82, 2.24) is 4.90 Å². The van der Waals surface area contributed by atoms with Crippen molar-refractivity contribution < 1.29 is 22.5 Å². The number of anilines is 1. The number of likely N-dealkylation sites (N-methyl/N-ethyl adjacent to an activating group) is 1. The molecule has 0 aromatic heterocycles. The molecule has 8 heteroatoms. The Labute approximate surface area is 160 Å². The molecule has 2 heterocycles. The minimum absolute atomic E-state index is 0.0461. The summed E-state index contributed by atoms with van der Waals surface area (Å²) in [7, 11) is -3.01. The number of amides is 1. The number of hydrogen-bond acceptors (Lipinski definition) is 4. The van der Waals surface area contributed by atoms with Crippen molar-refractivity contribution >= 4 is 21.4 Å². The van der Waals surface area contributed by atoms with E-state index in [4.69, 9.17) is 0 Å². The highest BCUT2D eigenvalue weighted by Gasteiger charge is 2.38. The first-order chi connectivity index (χ1) is 12.8. The normalized spacial score (nSPS) is 24.0. The van der Waals surface area contributed by atoms with Crippen LogP contribution in [0.4, 0.5) is 10.1 Å². The molecular formula is C19H29FN3O3S+. The van der Waals surface area contributed by atoms with Gasteiger partial charge in [-0.2, -0.15) is 0 Å². The topological polar surface area (TPSA) is 62.1 Å².